The Morgan fingerprint density at radius 1 is 1.56 bits per heavy atom. The normalized spacial score (nSPS) is 16.3. The standard InChI is InChI=1S/C11H18N4O/c1-15-8-9(7-13-15)6-12-11(16)14-10-4-2-3-5-10/h7-8,10H,2-6H2,1H3,(H2,12,14,16). The van der Waals surface area contributed by atoms with Crippen molar-refractivity contribution >= 4 is 6.03 Å². The smallest absolute Gasteiger partial charge is 0.315 e. The fraction of sp³-hybridized carbons (Fsp3) is 0.636. The van der Waals surface area contributed by atoms with E-state index in [2.05, 4.69) is 15.7 Å². The van der Waals surface area contributed by atoms with Crippen LogP contribution in [0.15, 0.2) is 12.4 Å². The zero-order valence-electron chi connectivity index (χ0n) is 9.57. The highest BCUT2D eigenvalue weighted by atomic mass is 16.2. The summed E-state index contributed by atoms with van der Waals surface area (Å²) in [6, 6.07) is 0.296. The minimum atomic E-state index is -0.0734. The Bertz CT molecular complexity index is 355. The lowest BCUT2D eigenvalue weighted by molar-refractivity contribution is 0.236. The van der Waals surface area contributed by atoms with Crippen LogP contribution in [0.4, 0.5) is 4.79 Å². The maximum Gasteiger partial charge on any atom is 0.315 e. The zero-order valence-corrected chi connectivity index (χ0v) is 9.57. The van der Waals surface area contributed by atoms with Crippen LogP contribution in [0.3, 0.4) is 0 Å². The number of amides is 2. The second-order valence-electron chi connectivity index (χ2n) is 4.33. The van der Waals surface area contributed by atoms with E-state index in [-0.39, 0.29) is 6.03 Å². The topological polar surface area (TPSA) is 59.0 Å². The van der Waals surface area contributed by atoms with Crippen LogP contribution in [0.2, 0.25) is 0 Å². The largest absolute Gasteiger partial charge is 0.335 e. The molecule has 1 fully saturated rings. The molecule has 0 aliphatic heterocycles. The Balaban J connectivity index is 1.71. The van der Waals surface area contributed by atoms with Gasteiger partial charge in [-0.3, -0.25) is 4.68 Å². The number of urea groups is 1. The fourth-order valence-electron chi connectivity index (χ4n) is 2.05. The molecule has 1 saturated carbocycles. The molecule has 0 unspecified atom stereocenters. The molecular formula is C11H18N4O. The molecule has 1 aromatic rings. The van der Waals surface area contributed by atoms with Crippen molar-refractivity contribution in [1.29, 1.82) is 0 Å². The molecule has 1 aliphatic carbocycles. The van der Waals surface area contributed by atoms with Crippen molar-refractivity contribution in [2.45, 2.75) is 38.3 Å². The van der Waals surface area contributed by atoms with Gasteiger partial charge in [0.1, 0.15) is 0 Å². The Hall–Kier alpha value is -1.52. The Labute approximate surface area is 95.2 Å². The molecule has 0 atom stereocenters. The molecule has 0 spiro atoms. The molecule has 0 bridgehead atoms. The number of nitrogens with one attached hydrogen (secondary N) is 2. The third-order valence-corrected chi connectivity index (χ3v) is 2.90. The van der Waals surface area contributed by atoms with E-state index in [0.29, 0.717) is 12.6 Å². The predicted molar refractivity (Wildman–Crippen MR) is 60.8 cm³/mol. The van der Waals surface area contributed by atoms with Crippen LogP contribution in [0.1, 0.15) is 31.2 Å². The van der Waals surface area contributed by atoms with Crippen LogP contribution in [0, 0.1) is 0 Å². The fourth-order valence-corrected chi connectivity index (χ4v) is 2.05. The SMILES string of the molecule is Cn1cc(CNC(=O)NC2CCCC2)cn1. The lowest BCUT2D eigenvalue weighted by atomic mass is 10.2. The summed E-state index contributed by atoms with van der Waals surface area (Å²) in [6.45, 7) is 0.534. The van der Waals surface area contributed by atoms with Gasteiger partial charge in [0.15, 0.2) is 0 Å². The van der Waals surface area contributed by atoms with E-state index in [1.54, 1.807) is 10.9 Å². The Kier molecular flexibility index (Phi) is 3.44. The maximum absolute atomic E-state index is 11.5. The van der Waals surface area contributed by atoms with Gasteiger partial charge in [0.2, 0.25) is 0 Å². The second-order valence-corrected chi connectivity index (χ2v) is 4.33. The number of hydrogen-bond acceptors (Lipinski definition) is 2. The summed E-state index contributed by atoms with van der Waals surface area (Å²) < 4.78 is 1.73. The molecule has 1 aliphatic rings. The van der Waals surface area contributed by atoms with Crippen molar-refractivity contribution in [3.8, 4) is 0 Å². The third kappa shape index (κ3) is 2.98. The van der Waals surface area contributed by atoms with Crippen LogP contribution in [-0.4, -0.2) is 21.9 Å². The number of aromatic nitrogens is 2. The second kappa shape index (κ2) is 5.01. The Morgan fingerprint density at radius 2 is 2.31 bits per heavy atom. The quantitative estimate of drug-likeness (QED) is 0.806. The van der Waals surface area contributed by atoms with E-state index in [4.69, 9.17) is 0 Å². The van der Waals surface area contributed by atoms with E-state index in [9.17, 15) is 4.79 Å². The van der Waals surface area contributed by atoms with Gasteiger partial charge in [-0.2, -0.15) is 5.10 Å². The molecule has 5 heteroatoms. The summed E-state index contributed by atoms with van der Waals surface area (Å²) in [6.07, 6.45) is 8.34. The average molecular weight is 222 g/mol. The summed E-state index contributed by atoms with van der Waals surface area (Å²) in [4.78, 5) is 11.5. The summed E-state index contributed by atoms with van der Waals surface area (Å²) >= 11 is 0. The van der Waals surface area contributed by atoms with Crippen LogP contribution >= 0.6 is 0 Å². The number of carbonyl (C=O) groups excluding carboxylic acids is 1. The molecule has 1 aromatic heterocycles. The van der Waals surface area contributed by atoms with Gasteiger partial charge in [-0.15, -0.1) is 0 Å². The number of carbonyl (C=O) groups is 1. The zero-order chi connectivity index (χ0) is 11.4. The number of rotatable bonds is 3. The van der Waals surface area contributed by atoms with Gasteiger partial charge in [0.05, 0.1) is 6.20 Å². The minimum absolute atomic E-state index is 0.0734. The first-order valence-corrected chi connectivity index (χ1v) is 5.76. The summed E-state index contributed by atoms with van der Waals surface area (Å²) in [5.74, 6) is 0. The highest BCUT2D eigenvalue weighted by Crippen LogP contribution is 2.17. The lowest BCUT2D eigenvalue weighted by Gasteiger charge is -2.12. The molecule has 16 heavy (non-hydrogen) atoms. The molecule has 88 valence electrons. The van der Waals surface area contributed by atoms with Gasteiger partial charge in [-0.25, -0.2) is 4.79 Å². The molecule has 0 aromatic carbocycles. The van der Waals surface area contributed by atoms with Crippen molar-refractivity contribution in [1.82, 2.24) is 20.4 Å². The molecule has 2 rings (SSSR count). The van der Waals surface area contributed by atoms with Crippen molar-refractivity contribution in [3.05, 3.63) is 18.0 Å². The number of aryl methyl sites for hydroxylation is 1. The molecule has 2 amide bonds. The highest BCUT2D eigenvalue weighted by Gasteiger charge is 2.16. The van der Waals surface area contributed by atoms with E-state index >= 15 is 0 Å². The summed E-state index contributed by atoms with van der Waals surface area (Å²) in [5, 5.41) is 9.86. The van der Waals surface area contributed by atoms with E-state index in [1.165, 1.54) is 12.8 Å². The first-order valence-electron chi connectivity index (χ1n) is 5.76. The van der Waals surface area contributed by atoms with Gasteiger partial charge in [0, 0.05) is 31.4 Å². The van der Waals surface area contributed by atoms with Gasteiger partial charge in [-0.05, 0) is 12.8 Å². The number of nitrogens with zero attached hydrogens (tertiary/aromatic N) is 2. The molecule has 0 radical (unpaired) electrons. The molecule has 5 nitrogen and oxygen atoms in total. The Morgan fingerprint density at radius 3 is 2.94 bits per heavy atom. The first kappa shape index (κ1) is 11.0. The van der Waals surface area contributed by atoms with Crippen molar-refractivity contribution in [3.63, 3.8) is 0 Å². The van der Waals surface area contributed by atoms with E-state index in [0.717, 1.165) is 18.4 Å². The predicted octanol–water partition coefficient (Wildman–Crippen LogP) is 1.16. The van der Waals surface area contributed by atoms with Crippen LogP contribution < -0.4 is 10.6 Å². The minimum Gasteiger partial charge on any atom is -0.335 e. The van der Waals surface area contributed by atoms with Crippen molar-refractivity contribution < 1.29 is 4.79 Å². The van der Waals surface area contributed by atoms with Crippen LogP contribution in [-0.2, 0) is 13.6 Å². The average Bonchev–Trinajstić information content (AvgIpc) is 2.87. The highest BCUT2D eigenvalue weighted by molar-refractivity contribution is 5.74. The van der Waals surface area contributed by atoms with Crippen molar-refractivity contribution in [2.24, 2.45) is 7.05 Å². The van der Waals surface area contributed by atoms with Crippen LogP contribution in [0.5, 0.6) is 0 Å². The van der Waals surface area contributed by atoms with Gasteiger partial charge in [0.25, 0.3) is 0 Å². The van der Waals surface area contributed by atoms with Crippen LogP contribution in [0.25, 0.3) is 0 Å². The molecule has 2 N–H and O–H groups in total. The van der Waals surface area contributed by atoms with E-state index < -0.39 is 0 Å². The molecular weight excluding hydrogens is 204 g/mol. The van der Waals surface area contributed by atoms with Gasteiger partial charge in [-0.1, -0.05) is 12.8 Å². The maximum atomic E-state index is 11.5. The third-order valence-electron chi connectivity index (χ3n) is 2.90. The number of hydrogen-bond donors (Lipinski definition) is 2. The molecule has 0 saturated heterocycles. The van der Waals surface area contributed by atoms with Gasteiger partial charge < -0.3 is 10.6 Å². The molecule has 1 heterocycles. The summed E-state index contributed by atoms with van der Waals surface area (Å²) in [5.41, 5.74) is 1.02. The summed E-state index contributed by atoms with van der Waals surface area (Å²) in [7, 11) is 1.86. The van der Waals surface area contributed by atoms with Gasteiger partial charge >= 0.3 is 6.03 Å². The monoisotopic (exact) mass is 222 g/mol. The lowest BCUT2D eigenvalue weighted by Crippen LogP contribution is -2.40. The first-order chi connectivity index (χ1) is 7.74. The van der Waals surface area contributed by atoms with Crippen molar-refractivity contribution in [2.75, 3.05) is 0 Å². The van der Waals surface area contributed by atoms with E-state index in [1.807, 2.05) is 13.2 Å².